The molecule has 0 amide bonds. The molecule has 0 spiro atoms. The van der Waals surface area contributed by atoms with E-state index in [9.17, 15) is 0 Å². The van der Waals surface area contributed by atoms with Crippen LogP contribution in [0.1, 0.15) is 12.5 Å². The minimum Gasteiger partial charge on any atom is -0.328 e. The molecular formula is C12H15BrN4S. The molecule has 1 unspecified atom stereocenters. The Hall–Kier alpha value is -0.850. The van der Waals surface area contributed by atoms with E-state index < -0.39 is 0 Å². The number of hydrogen-bond donors (Lipinski definition) is 1. The Kier molecular flexibility index (Phi) is 4.42. The zero-order chi connectivity index (χ0) is 13.1. The number of aromatic nitrogens is 3. The smallest absolute Gasteiger partial charge is 0.190 e. The van der Waals surface area contributed by atoms with Gasteiger partial charge in [-0.2, -0.15) is 5.10 Å². The summed E-state index contributed by atoms with van der Waals surface area (Å²) in [4.78, 5) is 5.40. The van der Waals surface area contributed by atoms with Gasteiger partial charge >= 0.3 is 0 Å². The molecule has 0 radical (unpaired) electrons. The van der Waals surface area contributed by atoms with Crippen LogP contribution in [0.3, 0.4) is 0 Å². The molecule has 18 heavy (non-hydrogen) atoms. The molecule has 1 heterocycles. The van der Waals surface area contributed by atoms with E-state index in [2.05, 4.69) is 38.1 Å². The van der Waals surface area contributed by atoms with Crippen molar-refractivity contribution in [2.75, 3.05) is 0 Å². The summed E-state index contributed by atoms with van der Waals surface area (Å²) in [5.41, 5.74) is 7.12. The van der Waals surface area contributed by atoms with E-state index in [1.165, 1.54) is 10.5 Å². The third kappa shape index (κ3) is 3.34. The van der Waals surface area contributed by atoms with Gasteiger partial charge < -0.3 is 5.73 Å². The molecule has 2 aromatic rings. The van der Waals surface area contributed by atoms with Crippen molar-refractivity contribution in [2.45, 2.75) is 29.4 Å². The quantitative estimate of drug-likeness (QED) is 0.938. The van der Waals surface area contributed by atoms with Gasteiger partial charge in [-0.25, -0.2) is 9.67 Å². The monoisotopic (exact) mass is 326 g/mol. The molecule has 0 aliphatic heterocycles. The Morgan fingerprint density at radius 2 is 2.28 bits per heavy atom. The maximum atomic E-state index is 5.89. The largest absolute Gasteiger partial charge is 0.328 e. The van der Waals surface area contributed by atoms with E-state index in [4.69, 9.17) is 5.73 Å². The van der Waals surface area contributed by atoms with Crippen LogP contribution in [0.25, 0.3) is 0 Å². The van der Waals surface area contributed by atoms with Crippen molar-refractivity contribution in [3.63, 3.8) is 0 Å². The molecule has 6 heteroatoms. The molecule has 0 saturated carbocycles. The van der Waals surface area contributed by atoms with Gasteiger partial charge in [-0.3, -0.25) is 0 Å². The summed E-state index contributed by atoms with van der Waals surface area (Å²) < 4.78 is 2.84. The van der Waals surface area contributed by atoms with E-state index in [0.29, 0.717) is 0 Å². The van der Waals surface area contributed by atoms with Crippen LogP contribution < -0.4 is 5.73 Å². The molecule has 0 saturated heterocycles. The van der Waals surface area contributed by atoms with Crippen molar-refractivity contribution in [1.82, 2.24) is 14.8 Å². The first kappa shape index (κ1) is 13.6. The van der Waals surface area contributed by atoms with Crippen molar-refractivity contribution < 1.29 is 0 Å². The number of halogens is 1. The van der Waals surface area contributed by atoms with Gasteiger partial charge in [0, 0.05) is 22.5 Å². The van der Waals surface area contributed by atoms with Gasteiger partial charge in [-0.15, -0.1) is 0 Å². The molecule has 96 valence electrons. The standard InChI is InChI=1S/C12H15BrN4S/c1-8(14)5-9-6-10(13)3-4-11(9)18-12-15-7-16-17(12)2/h3-4,6-8H,5,14H2,1-2H3. The number of nitrogens with two attached hydrogens (primary N) is 1. The number of rotatable bonds is 4. The number of aryl methyl sites for hydroxylation is 1. The van der Waals surface area contributed by atoms with Crippen molar-refractivity contribution in [3.05, 3.63) is 34.6 Å². The van der Waals surface area contributed by atoms with Crippen LogP contribution in [0.4, 0.5) is 0 Å². The van der Waals surface area contributed by atoms with Gasteiger partial charge in [0.05, 0.1) is 0 Å². The minimum atomic E-state index is 0.137. The van der Waals surface area contributed by atoms with Gasteiger partial charge in [0.25, 0.3) is 0 Å². The predicted molar refractivity (Wildman–Crippen MR) is 76.6 cm³/mol. The first-order valence-electron chi connectivity index (χ1n) is 5.62. The van der Waals surface area contributed by atoms with Crippen molar-refractivity contribution in [2.24, 2.45) is 12.8 Å². The van der Waals surface area contributed by atoms with Crippen LogP contribution in [0.5, 0.6) is 0 Å². The highest BCUT2D eigenvalue weighted by Gasteiger charge is 2.10. The van der Waals surface area contributed by atoms with Gasteiger partial charge in [-0.1, -0.05) is 15.9 Å². The summed E-state index contributed by atoms with van der Waals surface area (Å²) >= 11 is 5.11. The molecule has 2 N–H and O–H groups in total. The summed E-state index contributed by atoms with van der Waals surface area (Å²) in [6.45, 7) is 2.01. The predicted octanol–water partition coefficient (Wildman–Crippen LogP) is 2.62. The molecular weight excluding hydrogens is 312 g/mol. The second kappa shape index (κ2) is 5.86. The Morgan fingerprint density at radius 3 is 2.89 bits per heavy atom. The zero-order valence-electron chi connectivity index (χ0n) is 10.3. The molecule has 0 aliphatic rings. The summed E-state index contributed by atoms with van der Waals surface area (Å²) in [6.07, 6.45) is 2.41. The highest BCUT2D eigenvalue weighted by molar-refractivity contribution is 9.10. The zero-order valence-corrected chi connectivity index (χ0v) is 12.7. The third-order valence-corrected chi connectivity index (χ3v) is 4.10. The summed E-state index contributed by atoms with van der Waals surface area (Å²) in [6, 6.07) is 6.37. The Bertz CT molecular complexity index is 539. The van der Waals surface area contributed by atoms with E-state index in [0.717, 1.165) is 16.0 Å². The fourth-order valence-electron chi connectivity index (χ4n) is 1.63. The fourth-order valence-corrected chi connectivity index (χ4v) is 2.92. The third-order valence-electron chi connectivity index (χ3n) is 2.44. The molecule has 1 atom stereocenters. The molecule has 2 rings (SSSR count). The Morgan fingerprint density at radius 1 is 1.50 bits per heavy atom. The molecule has 0 bridgehead atoms. The van der Waals surface area contributed by atoms with Crippen molar-refractivity contribution in [1.29, 1.82) is 0 Å². The minimum absolute atomic E-state index is 0.137. The Balaban J connectivity index is 2.29. The molecule has 4 nitrogen and oxygen atoms in total. The van der Waals surface area contributed by atoms with Crippen molar-refractivity contribution in [3.8, 4) is 0 Å². The van der Waals surface area contributed by atoms with E-state index in [-0.39, 0.29) is 6.04 Å². The molecule has 1 aromatic carbocycles. The van der Waals surface area contributed by atoms with E-state index >= 15 is 0 Å². The molecule has 1 aromatic heterocycles. The van der Waals surface area contributed by atoms with Crippen LogP contribution in [0.15, 0.2) is 39.1 Å². The SMILES string of the molecule is CC(N)Cc1cc(Br)ccc1Sc1ncnn1C. The summed E-state index contributed by atoms with van der Waals surface area (Å²) in [5.74, 6) is 0. The normalized spacial score (nSPS) is 12.7. The molecule has 0 fully saturated rings. The van der Waals surface area contributed by atoms with Crippen LogP contribution in [-0.2, 0) is 13.5 Å². The number of nitrogens with zero attached hydrogens (tertiary/aromatic N) is 3. The second-order valence-electron chi connectivity index (χ2n) is 4.20. The van der Waals surface area contributed by atoms with E-state index in [1.54, 1.807) is 22.8 Å². The lowest BCUT2D eigenvalue weighted by molar-refractivity contribution is 0.684. The lowest BCUT2D eigenvalue weighted by atomic mass is 10.1. The topological polar surface area (TPSA) is 56.7 Å². The lowest BCUT2D eigenvalue weighted by Crippen LogP contribution is -2.18. The van der Waals surface area contributed by atoms with Crippen LogP contribution in [0, 0.1) is 0 Å². The van der Waals surface area contributed by atoms with Crippen LogP contribution in [-0.4, -0.2) is 20.8 Å². The molecule has 0 aliphatic carbocycles. The maximum Gasteiger partial charge on any atom is 0.190 e. The average molecular weight is 327 g/mol. The van der Waals surface area contributed by atoms with Gasteiger partial charge in [-0.05, 0) is 48.9 Å². The fraction of sp³-hybridized carbons (Fsp3) is 0.333. The first-order valence-corrected chi connectivity index (χ1v) is 7.23. The highest BCUT2D eigenvalue weighted by atomic mass is 79.9. The van der Waals surface area contributed by atoms with Gasteiger partial charge in [0.1, 0.15) is 6.33 Å². The second-order valence-corrected chi connectivity index (χ2v) is 6.13. The first-order chi connectivity index (χ1) is 8.56. The van der Waals surface area contributed by atoms with Crippen LogP contribution >= 0.6 is 27.7 Å². The highest BCUT2D eigenvalue weighted by Crippen LogP contribution is 2.31. The summed E-state index contributed by atoms with van der Waals surface area (Å²) in [5, 5.41) is 4.95. The van der Waals surface area contributed by atoms with E-state index in [1.807, 2.05) is 20.0 Å². The maximum absolute atomic E-state index is 5.89. The van der Waals surface area contributed by atoms with Crippen LogP contribution in [0.2, 0.25) is 0 Å². The number of benzene rings is 1. The lowest BCUT2D eigenvalue weighted by Gasteiger charge is -2.11. The summed E-state index contributed by atoms with van der Waals surface area (Å²) in [7, 11) is 1.89. The van der Waals surface area contributed by atoms with Gasteiger partial charge in [0.2, 0.25) is 0 Å². The Labute approximate surface area is 119 Å². The number of hydrogen-bond acceptors (Lipinski definition) is 4. The van der Waals surface area contributed by atoms with Crippen molar-refractivity contribution >= 4 is 27.7 Å². The average Bonchev–Trinajstić information content (AvgIpc) is 2.67. The van der Waals surface area contributed by atoms with Gasteiger partial charge in [0.15, 0.2) is 5.16 Å².